The van der Waals surface area contributed by atoms with Crippen LogP contribution in [0.25, 0.3) is 10.9 Å². The number of rotatable bonds is 2. The van der Waals surface area contributed by atoms with Gasteiger partial charge in [-0.05, 0) is 67.3 Å². The first-order valence-electron chi connectivity index (χ1n) is 10.6. The van der Waals surface area contributed by atoms with E-state index in [0.717, 1.165) is 34.1 Å². The number of hydrogen-bond acceptors (Lipinski definition) is 1. The van der Waals surface area contributed by atoms with E-state index >= 15 is 0 Å². The van der Waals surface area contributed by atoms with Crippen molar-refractivity contribution in [3.63, 3.8) is 0 Å². The smallest absolute Gasteiger partial charge is 0.322 e. The zero-order chi connectivity index (χ0) is 22.4. The predicted octanol–water partition coefficient (Wildman–Crippen LogP) is 7.27. The summed E-state index contributed by atoms with van der Waals surface area (Å²) in [5.41, 5.74) is 7.18. The van der Waals surface area contributed by atoms with Gasteiger partial charge in [-0.15, -0.1) is 0 Å². The molecular weight excluding hydrogens is 441 g/mol. The number of carbonyl (C=O) groups excluding carboxylic acids is 1. The largest absolute Gasteiger partial charge is 0.356 e. The minimum Gasteiger partial charge on any atom is -0.356 e. The second-order valence-electron chi connectivity index (χ2n) is 8.36. The first kappa shape index (κ1) is 20.9. The van der Waals surface area contributed by atoms with Gasteiger partial charge >= 0.3 is 6.03 Å². The zero-order valence-electron chi connectivity index (χ0n) is 17.9. The van der Waals surface area contributed by atoms with Crippen LogP contribution in [0, 0.1) is 13.8 Å². The summed E-state index contributed by atoms with van der Waals surface area (Å²) in [5, 5.41) is 5.49. The van der Waals surface area contributed by atoms with Crippen molar-refractivity contribution >= 4 is 45.8 Å². The van der Waals surface area contributed by atoms with Crippen LogP contribution in [0.5, 0.6) is 0 Å². The van der Waals surface area contributed by atoms with Crippen molar-refractivity contribution in [3.05, 3.63) is 98.7 Å². The average molecular weight is 464 g/mol. The highest BCUT2D eigenvalue weighted by atomic mass is 35.5. The topological polar surface area (TPSA) is 48.1 Å². The van der Waals surface area contributed by atoms with Crippen LogP contribution in [0.4, 0.5) is 10.5 Å². The van der Waals surface area contributed by atoms with Gasteiger partial charge in [-0.25, -0.2) is 4.79 Å². The average Bonchev–Trinajstić information content (AvgIpc) is 3.14. The summed E-state index contributed by atoms with van der Waals surface area (Å²) in [6, 6.07) is 19.4. The quantitative estimate of drug-likeness (QED) is 0.322. The molecule has 6 heteroatoms. The highest BCUT2D eigenvalue weighted by Crippen LogP contribution is 2.39. The molecule has 0 fully saturated rings. The molecule has 32 heavy (non-hydrogen) atoms. The maximum Gasteiger partial charge on any atom is 0.322 e. The van der Waals surface area contributed by atoms with Gasteiger partial charge < -0.3 is 15.2 Å². The molecule has 0 saturated carbocycles. The lowest BCUT2D eigenvalue weighted by molar-refractivity contribution is 0.193. The number of nitrogens with zero attached hydrogens (tertiary/aromatic N) is 1. The normalized spacial score (nSPS) is 15.6. The third kappa shape index (κ3) is 3.74. The van der Waals surface area contributed by atoms with Crippen molar-refractivity contribution in [2.75, 3.05) is 11.9 Å². The molecule has 0 radical (unpaired) electrons. The third-order valence-corrected chi connectivity index (χ3v) is 6.81. The van der Waals surface area contributed by atoms with Gasteiger partial charge in [0.25, 0.3) is 0 Å². The first-order chi connectivity index (χ1) is 15.4. The van der Waals surface area contributed by atoms with E-state index in [-0.39, 0.29) is 12.1 Å². The van der Waals surface area contributed by atoms with E-state index in [9.17, 15) is 4.79 Å². The Morgan fingerprint density at radius 2 is 1.81 bits per heavy atom. The molecule has 0 spiro atoms. The van der Waals surface area contributed by atoms with Crippen LogP contribution in [0.15, 0.2) is 60.7 Å². The Balaban J connectivity index is 1.57. The van der Waals surface area contributed by atoms with Crippen molar-refractivity contribution in [2.24, 2.45) is 0 Å². The number of H-pyrrole nitrogens is 1. The van der Waals surface area contributed by atoms with Crippen molar-refractivity contribution in [2.45, 2.75) is 26.3 Å². The second kappa shape index (κ2) is 8.19. The van der Waals surface area contributed by atoms with E-state index in [4.69, 9.17) is 23.2 Å². The molecule has 2 heterocycles. The molecule has 0 bridgehead atoms. The number of fused-ring (bicyclic) bond motifs is 3. The molecule has 162 valence electrons. The van der Waals surface area contributed by atoms with Gasteiger partial charge in [0.15, 0.2) is 0 Å². The maximum atomic E-state index is 13.4. The first-order valence-corrected chi connectivity index (χ1v) is 11.4. The standard InChI is InChI=1S/C26H23Cl2N3O/c1-15-3-6-17(7-4-15)25-24-20(21-13-18(27)8-10-23(21)30-24)11-12-31(25)26(32)29-19-9-5-16(2)22(28)14-19/h3-10,13-14,25,30H,11-12H2,1-2H3,(H,29,32). The number of aryl methyl sites for hydroxylation is 2. The molecule has 1 aliphatic heterocycles. The summed E-state index contributed by atoms with van der Waals surface area (Å²) in [5.74, 6) is 0. The van der Waals surface area contributed by atoms with E-state index in [2.05, 4.69) is 41.5 Å². The second-order valence-corrected chi connectivity index (χ2v) is 9.20. The summed E-state index contributed by atoms with van der Waals surface area (Å²) in [7, 11) is 0. The minimum atomic E-state index is -0.230. The molecule has 3 aromatic carbocycles. The molecule has 5 rings (SSSR count). The van der Waals surface area contributed by atoms with E-state index in [1.807, 2.05) is 42.2 Å². The van der Waals surface area contributed by atoms with Crippen LogP contribution >= 0.6 is 23.2 Å². The summed E-state index contributed by atoms with van der Waals surface area (Å²) in [6.45, 7) is 4.60. The number of carbonyl (C=O) groups is 1. The van der Waals surface area contributed by atoms with Crippen molar-refractivity contribution in [3.8, 4) is 0 Å². The molecule has 1 aromatic heterocycles. The summed E-state index contributed by atoms with van der Waals surface area (Å²) in [6.07, 6.45) is 0.750. The summed E-state index contributed by atoms with van der Waals surface area (Å²) in [4.78, 5) is 18.9. The van der Waals surface area contributed by atoms with Gasteiger partial charge in [0.05, 0.1) is 6.04 Å². The lowest BCUT2D eigenvalue weighted by Crippen LogP contribution is -2.43. The summed E-state index contributed by atoms with van der Waals surface area (Å²) < 4.78 is 0. The number of benzene rings is 3. The van der Waals surface area contributed by atoms with Crippen molar-refractivity contribution in [1.82, 2.24) is 9.88 Å². The molecule has 1 aliphatic rings. The lowest BCUT2D eigenvalue weighted by Gasteiger charge is -2.36. The number of aromatic nitrogens is 1. The van der Waals surface area contributed by atoms with E-state index in [1.54, 1.807) is 6.07 Å². The van der Waals surface area contributed by atoms with Crippen molar-refractivity contribution < 1.29 is 4.79 Å². The number of anilines is 1. The molecule has 2 N–H and O–H groups in total. The molecule has 4 aromatic rings. The Labute approximate surface area is 197 Å². The minimum absolute atomic E-state index is 0.155. The molecule has 4 nitrogen and oxygen atoms in total. The van der Waals surface area contributed by atoms with E-state index in [1.165, 1.54) is 11.1 Å². The Morgan fingerprint density at radius 1 is 1.03 bits per heavy atom. The Kier molecular flexibility index (Phi) is 5.36. The fourth-order valence-electron chi connectivity index (χ4n) is 4.44. The van der Waals surface area contributed by atoms with Crippen LogP contribution in [0.2, 0.25) is 10.0 Å². The van der Waals surface area contributed by atoms with Crippen LogP contribution in [-0.4, -0.2) is 22.5 Å². The van der Waals surface area contributed by atoms with Gasteiger partial charge in [0.2, 0.25) is 0 Å². The number of halogens is 2. The number of aromatic amines is 1. The fourth-order valence-corrected chi connectivity index (χ4v) is 4.79. The maximum absolute atomic E-state index is 13.4. The van der Waals surface area contributed by atoms with Crippen molar-refractivity contribution in [1.29, 1.82) is 0 Å². The van der Waals surface area contributed by atoms with Crippen LogP contribution in [0.3, 0.4) is 0 Å². The van der Waals surface area contributed by atoms with E-state index in [0.29, 0.717) is 22.3 Å². The van der Waals surface area contributed by atoms with Crippen LogP contribution in [0.1, 0.15) is 34.0 Å². The molecule has 1 atom stereocenters. The Morgan fingerprint density at radius 3 is 2.56 bits per heavy atom. The number of urea groups is 1. The number of nitrogens with one attached hydrogen (secondary N) is 2. The van der Waals surface area contributed by atoms with Gasteiger partial charge in [0.1, 0.15) is 0 Å². The number of amides is 2. The predicted molar refractivity (Wildman–Crippen MR) is 132 cm³/mol. The molecular formula is C26H23Cl2N3O. The van der Waals surface area contributed by atoms with E-state index < -0.39 is 0 Å². The van der Waals surface area contributed by atoms with Gasteiger partial charge in [-0.3, -0.25) is 0 Å². The van der Waals surface area contributed by atoms with Gasteiger partial charge in [-0.1, -0.05) is 59.1 Å². The Hall–Kier alpha value is -2.95. The van der Waals surface area contributed by atoms with Gasteiger partial charge in [-0.2, -0.15) is 0 Å². The lowest BCUT2D eigenvalue weighted by atomic mass is 9.92. The fraction of sp³-hybridized carbons (Fsp3) is 0.192. The van der Waals surface area contributed by atoms with Crippen LogP contribution < -0.4 is 5.32 Å². The molecule has 0 saturated heterocycles. The zero-order valence-corrected chi connectivity index (χ0v) is 19.4. The molecule has 2 amide bonds. The molecule has 0 aliphatic carbocycles. The SMILES string of the molecule is Cc1ccc(C2c3[nH]c4ccc(Cl)cc4c3CCN2C(=O)Nc2ccc(C)c(Cl)c2)cc1. The molecule has 1 unspecified atom stereocenters. The van der Waals surface area contributed by atoms with Crippen LogP contribution in [-0.2, 0) is 6.42 Å². The third-order valence-electron chi connectivity index (χ3n) is 6.17. The Bertz CT molecular complexity index is 1330. The highest BCUT2D eigenvalue weighted by Gasteiger charge is 2.34. The van der Waals surface area contributed by atoms with Gasteiger partial charge in [0, 0.05) is 38.9 Å². The number of hydrogen-bond donors (Lipinski definition) is 2. The monoisotopic (exact) mass is 463 g/mol. The highest BCUT2D eigenvalue weighted by molar-refractivity contribution is 6.31. The summed E-state index contributed by atoms with van der Waals surface area (Å²) >= 11 is 12.5.